The van der Waals surface area contributed by atoms with E-state index in [1.54, 1.807) is 11.3 Å². The molecule has 4 aromatic rings. The van der Waals surface area contributed by atoms with Crippen LogP contribution in [0.3, 0.4) is 0 Å². The van der Waals surface area contributed by atoms with Gasteiger partial charge in [0.1, 0.15) is 12.7 Å². The molecule has 6 rings (SSSR count). The molecule has 0 N–H and O–H groups in total. The molecule has 1 saturated heterocycles. The number of aryl methyl sites for hydroxylation is 1. The average molecular weight is 492 g/mol. The van der Waals surface area contributed by atoms with Crippen LogP contribution >= 0.6 is 22.7 Å². The van der Waals surface area contributed by atoms with Gasteiger partial charge in [-0.15, -0.1) is 22.7 Å². The molecule has 0 spiro atoms. The number of fused-ring (bicyclic) bond motifs is 2. The minimum Gasteiger partial charge on any atom is -0.487 e. The van der Waals surface area contributed by atoms with Gasteiger partial charge in [-0.1, -0.05) is 18.2 Å². The lowest BCUT2D eigenvalue weighted by atomic mass is 10.0. The quantitative estimate of drug-likeness (QED) is 0.344. The fourth-order valence-electron chi connectivity index (χ4n) is 4.59. The Bertz CT molecular complexity index is 1350. The molecule has 2 aromatic heterocycles. The summed E-state index contributed by atoms with van der Waals surface area (Å²) in [5.74, 6) is 1.53. The van der Waals surface area contributed by atoms with Gasteiger partial charge in [-0.2, -0.15) is 0 Å². The van der Waals surface area contributed by atoms with Gasteiger partial charge in [0.25, 0.3) is 5.91 Å². The molecule has 2 aliphatic heterocycles. The van der Waals surface area contributed by atoms with Crippen molar-refractivity contribution in [2.75, 3.05) is 26.4 Å². The van der Waals surface area contributed by atoms with Crippen LogP contribution in [0, 0.1) is 6.92 Å². The highest BCUT2D eigenvalue weighted by atomic mass is 32.1. The number of carbonyl (C=O) groups excluding carboxylic acids is 1. The summed E-state index contributed by atoms with van der Waals surface area (Å²) in [6, 6.07) is 16.6. The van der Waals surface area contributed by atoms with Gasteiger partial charge < -0.3 is 19.1 Å². The van der Waals surface area contributed by atoms with Gasteiger partial charge in [-0.05, 0) is 48.2 Å². The van der Waals surface area contributed by atoms with E-state index >= 15 is 0 Å². The van der Waals surface area contributed by atoms with Crippen LogP contribution < -0.4 is 9.47 Å². The predicted molar refractivity (Wildman–Crippen MR) is 136 cm³/mol. The molecule has 2 aliphatic rings. The highest BCUT2D eigenvalue weighted by Gasteiger charge is 2.27. The first-order chi connectivity index (χ1) is 16.7. The molecule has 174 valence electrons. The number of rotatable bonds is 4. The van der Waals surface area contributed by atoms with E-state index in [1.165, 1.54) is 27.0 Å². The zero-order valence-electron chi connectivity index (χ0n) is 18.9. The van der Waals surface area contributed by atoms with Crippen molar-refractivity contribution in [3.63, 3.8) is 0 Å². The molecule has 7 heteroatoms. The SMILES string of the molecule is Cc1ccc(C(=O)N2CCOc3c(cc(-c4csc5ccccc45)cc3OC3CCOC3)C2)s1. The summed E-state index contributed by atoms with van der Waals surface area (Å²) in [6.45, 7) is 4.77. The molecule has 0 radical (unpaired) electrons. The number of hydrogen-bond donors (Lipinski definition) is 0. The van der Waals surface area contributed by atoms with Gasteiger partial charge in [-0.3, -0.25) is 4.79 Å². The molecule has 0 saturated carbocycles. The van der Waals surface area contributed by atoms with Crippen molar-refractivity contribution in [3.8, 4) is 22.6 Å². The second-order valence-electron chi connectivity index (χ2n) is 8.70. The third-order valence-corrected chi connectivity index (χ3v) is 8.26. The Balaban J connectivity index is 1.42. The van der Waals surface area contributed by atoms with Gasteiger partial charge in [0, 0.05) is 39.1 Å². The summed E-state index contributed by atoms with van der Waals surface area (Å²) in [5, 5.41) is 3.42. The maximum absolute atomic E-state index is 13.3. The number of amides is 1. The summed E-state index contributed by atoms with van der Waals surface area (Å²) in [4.78, 5) is 17.0. The van der Waals surface area contributed by atoms with E-state index in [4.69, 9.17) is 14.2 Å². The maximum atomic E-state index is 13.3. The molecule has 4 heterocycles. The zero-order chi connectivity index (χ0) is 23.1. The Morgan fingerprint density at radius 3 is 2.88 bits per heavy atom. The lowest BCUT2D eigenvalue weighted by Gasteiger charge is -2.20. The number of nitrogens with zero attached hydrogens (tertiary/aromatic N) is 1. The molecule has 34 heavy (non-hydrogen) atoms. The lowest BCUT2D eigenvalue weighted by Crippen LogP contribution is -2.31. The predicted octanol–water partition coefficient (Wildman–Crippen LogP) is 6.14. The van der Waals surface area contributed by atoms with Crippen molar-refractivity contribution >= 4 is 38.7 Å². The minimum absolute atomic E-state index is 0.0113. The van der Waals surface area contributed by atoms with Crippen LogP contribution in [0.5, 0.6) is 11.5 Å². The van der Waals surface area contributed by atoms with Crippen molar-refractivity contribution in [1.29, 1.82) is 0 Å². The van der Waals surface area contributed by atoms with Gasteiger partial charge in [0.05, 0.1) is 24.6 Å². The van der Waals surface area contributed by atoms with Crippen molar-refractivity contribution in [2.45, 2.75) is 26.0 Å². The summed E-state index contributed by atoms with van der Waals surface area (Å²) in [5.41, 5.74) is 3.22. The second kappa shape index (κ2) is 9.06. The molecule has 1 fully saturated rings. The zero-order valence-corrected chi connectivity index (χ0v) is 20.5. The monoisotopic (exact) mass is 491 g/mol. The number of thiophene rings is 2. The molecular weight excluding hydrogens is 466 g/mol. The average Bonchev–Trinajstić information content (AvgIpc) is 3.57. The van der Waals surface area contributed by atoms with E-state index in [0.29, 0.717) is 32.9 Å². The van der Waals surface area contributed by atoms with E-state index < -0.39 is 0 Å². The molecule has 1 unspecified atom stereocenters. The molecule has 5 nitrogen and oxygen atoms in total. The standard InChI is InChI=1S/C27H25NO4S2/c1-17-6-7-25(34-17)27(29)28-9-11-31-26-19(14-28)12-18(13-23(26)32-20-8-10-30-15-20)22-16-33-24-5-3-2-4-21(22)24/h2-7,12-13,16,20H,8-11,14-15H2,1H3. The first-order valence-corrected chi connectivity index (χ1v) is 13.2. The van der Waals surface area contributed by atoms with Crippen molar-refractivity contribution in [3.05, 3.63) is 69.2 Å². The van der Waals surface area contributed by atoms with E-state index in [9.17, 15) is 4.79 Å². The number of benzene rings is 2. The van der Waals surface area contributed by atoms with Gasteiger partial charge in [0.2, 0.25) is 0 Å². The van der Waals surface area contributed by atoms with Crippen LogP contribution in [0.15, 0.2) is 53.9 Å². The Morgan fingerprint density at radius 2 is 2.06 bits per heavy atom. The van der Waals surface area contributed by atoms with Crippen LogP contribution in [0.4, 0.5) is 0 Å². The summed E-state index contributed by atoms with van der Waals surface area (Å²) in [6.07, 6.45) is 0.875. The number of hydrogen-bond acceptors (Lipinski definition) is 6. The smallest absolute Gasteiger partial charge is 0.264 e. The fourth-order valence-corrected chi connectivity index (χ4v) is 6.40. The molecule has 0 bridgehead atoms. The third-order valence-electron chi connectivity index (χ3n) is 6.31. The molecule has 0 aliphatic carbocycles. The maximum Gasteiger partial charge on any atom is 0.264 e. The van der Waals surface area contributed by atoms with Crippen LogP contribution in [-0.2, 0) is 11.3 Å². The molecule has 1 atom stereocenters. The third kappa shape index (κ3) is 4.08. The number of carbonyl (C=O) groups is 1. The number of ether oxygens (including phenoxy) is 3. The largest absolute Gasteiger partial charge is 0.487 e. The lowest BCUT2D eigenvalue weighted by molar-refractivity contribution is 0.0737. The van der Waals surface area contributed by atoms with Crippen molar-refractivity contribution < 1.29 is 19.0 Å². The first-order valence-electron chi connectivity index (χ1n) is 11.5. The highest BCUT2D eigenvalue weighted by molar-refractivity contribution is 7.17. The van der Waals surface area contributed by atoms with E-state index in [-0.39, 0.29) is 12.0 Å². The molecular formula is C27H25NO4S2. The van der Waals surface area contributed by atoms with Crippen molar-refractivity contribution in [1.82, 2.24) is 4.90 Å². The van der Waals surface area contributed by atoms with E-state index in [1.807, 2.05) is 24.0 Å². The topological polar surface area (TPSA) is 48.0 Å². The van der Waals surface area contributed by atoms with E-state index in [0.717, 1.165) is 38.8 Å². The normalized spacial score (nSPS) is 17.9. The van der Waals surface area contributed by atoms with Crippen LogP contribution in [0.2, 0.25) is 0 Å². The summed E-state index contributed by atoms with van der Waals surface area (Å²) >= 11 is 3.27. The summed E-state index contributed by atoms with van der Waals surface area (Å²) in [7, 11) is 0. The molecule has 2 aromatic carbocycles. The Hall–Kier alpha value is -2.87. The van der Waals surface area contributed by atoms with Crippen molar-refractivity contribution in [2.24, 2.45) is 0 Å². The van der Waals surface area contributed by atoms with Gasteiger partial charge in [0.15, 0.2) is 11.5 Å². The van der Waals surface area contributed by atoms with E-state index in [2.05, 4.69) is 41.8 Å². The van der Waals surface area contributed by atoms with Crippen LogP contribution in [0.25, 0.3) is 21.2 Å². The highest BCUT2D eigenvalue weighted by Crippen LogP contribution is 2.42. The van der Waals surface area contributed by atoms with Crippen LogP contribution in [0.1, 0.15) is 26.5 Å². The van der Waals surface area contributed by atoms with Crippen LogP contribution in [-0.4, -0.2) is 43.3 Å². The van der Waals surface area contributed by atoms with Gasteiger partial charge in [-0.25, -0.2) is 0 Å². The first kappa shape index (κ1) is 21.6. The Kier molecular flexibility index (Phi) is 5.77. The van der Waals surface area contributed by atoms with Gasteiger partial charge >= 0.3 is 0 Å². The summed E-state index contributed by atoms with van der Waals surface area (Å²) < 4.78 is 19.4. The molecule has 1 amide bonds. The Labute approximate surface area is 206 Å². The Morgan fingerprint density at radius 1 is 1.15 bits per heavy atom. The minimum atomic E-state index is 0.0113. The fraction of sp³-hybridized carbons (Fsp3) is 0.296. The second-order valence-corrected chi connectivity index (χ2v) is 10.9.